The fourth-order valence-electron chi connectivity index (χ4n) is 7.09. The molecule has 0 radical (unpaired) electrons. The maximum absolute atomic E-state index is 14.0. The summed E-state index contributed by atoms with van der Waals surface area (Å²) in [5, 5.41) is 15.3. The number of carbonyl (C=O) groups excluding carboxylic acids is 3. The Hall–Kier alpha value is -2.53. The van der Waals surface area contributed by atoms with E-state index in [9.17, 15) is 19.5 Å². The van der Waals surface area contributed by atoms with Gasteiger partial charge in [0.2, 0.25) is 17.7 Å². The smallest absolute Gasteiger partial charge is 0.245 e. The van der Waals surface area contributed by atoms with Crippen molar-refractivity contribution in [3.05, 3.63) is 35.9 Å². The summed E-state index contributed by atoms with van der Waals surface area (Å²) >= 11 is 0. The second-order valence-corrected chi connectivity index (χ2v) is 11.5. The van der Waals surface area contributed by atoms with Gasteiger partial charge < -0.3 is 30.1 Å². The highest BCUT2D eigenvalue weighted by Crippen LogP contribution is 2.63. The molecule has 3 amide bonds. The topological polar surface area (TPSA) is 120 Å². The summed E-state index contributed by atoms with van der Waals surface area (Å²) in [6, 6.07) is 8.91. The van der Waals surface area contributed by atoms with E-state index in [1.807, 2.05) is 37.3 Å². The van der Waals surface area contributed by atoms with Crippen LogP contribution in [0, 0.1) is 11.8 Å². The van der Waals surface area contributed by atoms with Gasteiger partial charge in [-0.3, -0.25) is 19.3 Å². The molecule has 214 valence electrons. The predicted molar refractivity (Wildman–Crippen MR) is 143 cm³/mol. The highest BCUT2D eigenvalue weighted by Gasteiger charge is 2.77. The lowest BCUT2D eigenvalue weighted by atomic mass is 9.66. The Morgan fingerprint density at radius 1 is 1.03 bits per heavy atom. The first-order valence-corrected chi connectivity index (χ1v) is 14.4. The van der Waals surface area contributed by atoms with Crippen molar-refractivity contribution >= 4 is 17.7 Å². The highest BCUT2D eigenvalue weighted by molar-refractivity contribution is 5.99. The molecule has 4 aliphatic heterocycles. The van der Waals surface area contributed by atoms with Crippen LogP contribution in [0.1, 0.15) is 44.6 Å². The monoisotopic (exact) mass is 542 g/mol. The number of fused-ring (bicyclic) bond motifs is 1. The molecule has 4 saturated heterocycles. The third-order valence-corrected chi connectivity index (χ3v) is 9.01. The lowest BCUT2D eigenvalue weighted by molar-refractivity contribution is -0.146. The molecular formula is C29H42N4O6. The van der Waals surface area contributed by atoms with Crippen LogP contribution in [-0.2, 0) is 30.4 Å². The van der Waals surface area contributed by atoms with E-state index in [4.69, 9.17) is 9.47 Å². The highest BCUT2D eigenvalue weighted by atomic mass is 16.5. The molecule has 0 saturated carbocycles. The van der Waals surface area contributed by atoms with E-state index >= 15 is 0 Å². The van der Waals surface area contributed by atoms with Gasteiger partial charge in [-0.2, -0.15) is 0 Å². The van der Waals surface area contributed by atoms with Gasteiger partial charge in [-0.25, -0.2) is 0 Å². The molecule has 0 aliphatic carbocycles. The number of rotatable bonds is 12. The molecule has 2 bridgehead atoms. The summed E-state index contributed by atoms with van der Waals surface area (Å²) in [5.74, 6) is -1.94. The first kappa shape index (κ1) is 28.0. The molecule has 5 atom stereocenters. The molecule has 3 N–H and O–H groups in total. The molecule has 10 heteroatoms. The van der Waals surface area contributed by atoms with E-state index in [-0.39, 0.29) is 24.3 Å². The Morgan fingerprint density at radius 2 is 1.79 bits per heavy atom. The van der Waals surface area contributed by atoms with Gasteiger partial charge in [-0.1, -0.05) is 30.3 Å². The van der Waals surface area contributed by atoms with Crippen LogP contribution in [0.3, 0.4) is 0 Å². The SMILES string of the molecule is C[C@]12CCC3(O1)C(C(=O)NCCN1CCOCC1)N(CCCCCO)C(=O)[C@@H]3[C@H]2C(=O)NCc1ccccc1. The molecule has 2 unspecified atom stereocenters. The maximum atomic E-state index is 14.0. The van der Waals surface area contributed by atoms with E-state index in [1.165, 1.54) is 0 Å². The van der Waals surface area contributed by atoms with Crippen LogP contribution in [0.15, 0.2) is 30.3 Å². The Labute approximate surface area is 230 Å². The first-order chi connectivity index (χ1) is 18.9. The van der Waals surface area contributed by atoms with Gasteiger partial charge in [0.05, 0.1) is 30.7 Å². The molecule has 0 aromatic heterocycles. The van der Waals surface area contributed by atoms with E-state index in [0.717, 1.165) is 25.1 Å². The van der Waals surface area contributed by atoms with Crippen LogP contribution in [0.2, 0.25) is 0 Å². The lowest BCUT2D eigenvalue weighted by Gasteiger charge is -2.34. The number of likely N-dealkylation sites (tertiary alicyclic amines) is 1. The Kier molecular flexibility index (Phi) is 8.56. The molecule has 1 aromatic carbocycles. The number of aliphatic hydroxyl groups is 1. The number of aliphatic hydroxyl groups excluding tert-OH is 1. The third kappa shape index (κ3) is 5.44. The number of benzene rings is 1. The van der Waals surface area contributed by atoms with Crippen LogP contribution < -0.4 is 10.6 Å². The van der Waals surface area contributed by atoms with Gasteiger partial charge in [0, 0.05) is 45.9 Å². The maximum Gasteiger partial charge on any atom is 0.245 e. The number of nitrogens with zero attached hydrogens (tertiary/aromatic N) is 2. The second kappa shape index (κ2) is 11.9. The van der Waals surface area contributed by atoms with Crippen LogP contribution in [-0.4, -0.2) is 102 Å². The summed E-state index contributed by atoms with van der Waals surface area (Å²) in [7, 11) is 0. The quantitative estimate of drug-likeness (QED) is 0.332. The molecule has 4 heterocycles. The van der Waals surface area contributed by atoms with Crippen molar-refractivity contribution in [1.29, 1.82) is 0 Å². The van der Waals surface area contributed by atoms with Crippen molar-refractivity contribution < 1.29 is 29.0 Å². The molecular weight excluding hydrogens is 500 g/mol. The number of morpholine rings is 1. The zero-order valence-corrected chi connectivity index (χ0v) is 22.9. The number of hydrogen-bond acceptors (Lipinski definition) is 7. The number of ether oxygens (including phenoxy) is 2. The molecule has 5 rings (SSSR count). The minimum absolute atomic E-state index is 0.0943. The molecule has 4 fully saturated rings. The predicted octanol–water partition coefficient (Wildman–Crippen LogP) is 0.679. The summed E-state index contributed by atoms with van der Waals surface area (Å²) in [5.41, 5.74) is -0.827. The molecule has 1 aromatic rings. The normalized spacial score (nSPS) is 31.9. The fourth-order valence-corrected chi connectivity index (χ4v) is 7.09. The van der Waals surface area contributed by atoms with Crippen molar-refractivity contribution in [3.8, 4) is 0 Å². The van der Waals surface area contributed by atoms with Crippen LogP contribution in [0.5, 0.6) is 0 Å². The number of unbranched alkanes of at least 4 members (excludes halogenated alkanes) is 2. The van der Waals surface area contributed by atoms with Gasteiger partial charge in [0.15, 0.2) is 0 Å². The zero-order valence-electron chi connectivity index (χ0n) is 22.9. The average molecular weight is 543 g/mol. The van der Waals surface area contributed by atoms with Crippen molar-refractivity contribution in [2.75, 3.05) is 52.5 Å². The Morgan fingerprint density at radius 3 is 2.54 bits per heavy atom. The second-order valence-electron chi connectivity index (χ2n) is 11.5. The zero-order chi connectivity index (χ0) is 27.5. The molecule has 10 nitrogen and oxygen atoms in total. The largest absolute Gasteiger partial charge is 0.396 e. The Bertz CT molecular complexity index is 1030. The van der Waals surface area contributed by atoms with Crippen LogP contribution >= 0.6 is 0 Å². The van der Waals surface area contributed by atoms with Crippen molar-refractivity contribution in [2.45, 2.75) is 62.8 Å². The van der Waals surface area contributed by atoms with Gasteiger partial charge in [-0.15, -0.1) is 0 Å². The third-order valence-electron chi connectivity index (χ3n) is 9.01. The van der Waals surface area contributed by atoms with Crippen LogP contribution in [0.4, 0.5) is 0 Å². The van der Waals surface area contributed by atoms with E-state index in [0.29, 0.717) is 65.1 Å². The van der Waals surface area contributed by atoms with E-state index < -0.39 is 29.1 Å². The van der Waals surface area contributed by atoms with Crippen molar-refractivity contribution in [1.82, 2.24) is 20.4 Å². The number of hydrogen-bond donors (Lipinski definition) is 3. The minimum Gasteiger partial charge on any atom is -0.396 e. The van der Waals surface area contributed by atoms with Crippen molar-refractivity contribution in [2.24, 2.45) is 11.8 Å². The summed E-state index contributed by atoms with van der Waals surface area (Å²) in [4.78, 5) is 45.3. The lowest BCUT2D eigenvalue weighted by Crippen LogP contribution is -2.56. The van der Waals surface area contributed by atoms with Crippen LogP contribution in [0.25, 0.3) is 0 Å². The summed E-state index contributed by atoms with van der Waals surface area (Å²) in [6.07, 6.45) is 3.26. The first-order valence-electron chi connectivity index (χ1n) is 14.4. The van der Waals surface area contributed by atoms with Gasteiger partial charge in [-0.05, 0) is 44.6 Å². The fraction of sp³-hybridized carbons (Fsp3) is 0.690. The average Bonchev–Trinajstić information content (AvgIpc) is 3.51. The number of carbonyl (C=O) groups is 3. The van der Waals surface area contributed by atoms with Gasteiger partial charge in [0.25, 0.3) is 0 Å². The standard InChI is InChI=1S/C29H42N4O6/c1-28-10-11-29(39-28)23(22(28)25(35)31-20-21-8-4-2-5-9-21)27(37)33(13-6-3-7-17-34)24(29)26(36)30-12-14-32-15-18-38-19-16-32/h2,4-5,8-9,22-24,34H,3,6-7,10-20H2,1H3,(H,30,36)(H,31,35)/t22-,23-,24?,28+,29?/m0/s1. The van der Waals surface area contributed by atoms with E-state index in [1.54, 1.807) is 4.90 Å². The van der Waals surface area contributed by atoms with Crippen molar-refractivity contribution in [3.63, 3.8) is 0 Å². The Balaban J connectivity index is 1.33. The van der Waals surface area contributed by atoms with Gasteiger partial charge in [0.1, 0.15) is 11.6 Å². The minimum atomic E-state index is -1.01. The number of nitrogens with one attached hydrogen (secondary N) is 2. The van der Waals surface area contributed by atoms with E-state index in [2.05, 4.69) is 15.5 Å². The molecule has 4 aliphatic rings. The molecule has 1 spiro atoms. The summed E-state index contributed by atoms with van der Waals surface area (Å²) < 4.78 is 12.1. The summed E-state index contributed by atoms with van der Waals surface area (Å²) in [6.45, 7) is 7.02. The molecule has 39 heavy (non-hydrogen) atoms. The van der Waals surface area contributed by atoms with Gasteiger partial charge >= 0.3 is 0 Å². The number of amides is 3.